The summed E-state index contributed by atoms with van der Waals surface area (Å²) in [5, 5.41) is 0. The number of aliphatic imine (C=N–C) groups is 2. The van der Waals surface area contributed by atoms with E-state index in [4.69, 9.17) is 9.47 Å². The van der Waals surface area contributed by atoms with Crippen LogP contribution in [0.1, 0.15) is 55.5 Å². The first kappa shape index (κ1) is 31.0. The lowest BCUT2D eigenvalue weighted by atomic mass is 9.99. The van der Waals surface area contributed by atoms with Crippen LogP contribution in [0.5, 0.6) is 17.2 Å². The van der Waals surface area contributed by atoms with Gasteiger partial charge in [-0.3, -0.25) is 0 Å². The van der Waals surface area contributed by atoms with Crippen LogP contribution in [-0.4, -0.2) is 23.8 Å². The second-order valence-electron chi connectivity index (χ2n) is 11.2. The highest BCUT2D eigenvalue weighted by atomic mass is 16.5. The van der Waals surface area contributed by atoms with Crippen LogP contribution in [0.2, 0.25) is 0 Å². The van der Waals surface area contributed by atoms with Gasteiger partial charge in [-0.15, -0.1) is 0 Å². The fourth-order valence-corrected chi connectivity index (χ4v) is 4.55. The van der Waals surface area contributed by atoms with Gasteiger partial charge < -0.3 is 9.47 Å². The van der Waals surface area contributed by atoms with Crippen molar-refractivity contribution >= 4 is 22.9 Å². The van der Waals surface area contributed by atoms with Gasteiger partial charge in [0.25, 0.3) is 0 Å². The Kier molecular flexibility index (Phi) is 10.6. The van der Waals surface area contributed by atoms with Gasteiger partial charge in [0.05, 0.1) is 23.2 Å². The van der Waals surface area contributed by atoms with Crippen LogP contribution < -0.4 is 9.47 Å². The first-order chi connectivity index (χ1) is 21.9. The maximum atomic E-state index is 6.13. The topological polar surface area (TPSA) is 43.2 Å². The minimum atomic E-state index is 0.172. The van der Waals surface area contributed by atoms with E-state index in [-0.39, 0.29) is 12.1 Å². The lowest BCUT2D eigenvalue weighted by Crippen LogP contribution is -1.96. The predicted molar refractivity (Wildman–Crippen MR) is 187 cm³/mol. The van der Waals surface area contributed by atoms with E-state index in [0.717, 1.165) is 56.2 Å². The molecule has 0 heterocycles. The summed E-state index contributed by atoms with van der Waals surface area (Å²) in [5.74, 6) is 8.84. The van der Waals surface area contributed by atoms with Crippen LogP contribution in [0.4, 0.5) is 0 Å². The van der Waals surface area contributed by atoms with Gasteiger partial charge >= 0.3 is 0 Å². The van der Waals surface area contributed by atoms with Gasteiger partial charge in [0.2, 0.25) is 0 Å². The molecule has 0 bridgehead atoms. The molecule has 0 fully saturated rings. The van der Waals surface area contributed by atoms with Crippen molar-refractivity contribution in [3.8, 4) is 17.2 Å². The van der Waals surface area contributed by atoms with Crippen LogP contribution in [0.25, 0.3) is 11.1 Å². The van der Waals surface area contributed by atoms with Crippen LogP contribution in [-0.2, 0) is 6.61 Å². The zero-order chi connectivity index (χ0) is 31.4. The van der Waals surface area contributed by atoms with Gasteiger partial charge in [0.15, 0.2) is 0 Å². The van der Waals surface area contributed by atoms with Gasteiger partial charge in [0.1, 0.15) is 23.9 Å². The van der Waals surface area contributed by atoms with Crippen molar-refractivity contribution in [2.24, 2.45) is 9.98 Å². The van der Waals surface area contributed by atoms with Gasteiger partial charge in [0, 0.05) is 0 Å². The zero-order valence-electron chi connectivity index (χ0n) is 26.3. The maximum Gasteiger partial charge on any atom is 0.127 e. The quantitative estimate of drug-likeness (QED) is 0.144. The summed E-state index contributed by atoms with van der Waals surface area (Å²) < 4.78 is 12.2. The van der Waals surface area contributed by atoms with Crippen molar-refractivity contribution in [1.82, 2.24) is 0 Å². The van der Waals surface area contributed by atoms with Crippen LogP contribution >= 0.6 is 0 Å². The minimum absolute atomic E-state index is 0.172. The molecule has 5 aromatic carbocycles. The molecule has 5 aromatic rings. The summed E-state index contributed by atoms with van der Waals surface area (Å²) >= 11 is 0. The van der Waals surface area contributed by atoms with E-state index in [0.29, 0.717) is 6.61 Å². The van der Waals surface area contributed by atoms with E-state index in [1.54, 1.807) is 0 Å². The van der Waals surface area contributed by atoms with E-state index >= 15 is 0 Å². The fraction of sp³-hybridized carbons (Fsp3) is 0.171. The normalized spacial score (nSPS) is 10.5. The first-order valence-electron chi connectivity index (χ1n) is 15.3. The lowest BCUT2D eigenvalue weighted by molar-refractivity contribution is 0.306. The Labute approximate surface area is 266 Å². The number of rotatable bonds is 11. The third kappa shape index (κ3) is 9.05. The molecule has 0 spiro atoms. The number of nitrogens with zero attached hydrogens (tertiary/aromatic N) is 2. The standard InChI is InChI=1S/C41H38N2O2/c1-30(2)42-27-40(33-11-7-5-8-12-33)35-17-23-37(24-18-35)44-29-32-15-21-38(22-16-32)45-39-25-19-36(20-26-39)41(28-43-31(3)4)34-13-9-6-10-14-34/h5-26,30-31H,29H2,1-4H3. The number of hydrogen-bond donors (Lipinski definition) is 0. The Morgan fingerprint density at radius 1 is 0.489 bits per heavy atom. The average Bonchev–Trinajstić information content (AvgIpc) is 3.07. The molecule has 0 aliphatic heterocycles. The number of ether oxygens (including phenoxy) is 2. The van der Waals surface area contributed by atoms with Crippen molar-refractivity contribution in [3.05, 3.63) is 161 Å². The largest absolute Gasteiger partial charge is 0.489 e. The Balaban J connectivity index is 1.21. The van der Waals surface area contributed by atoms with Gasteiger partial charge in [-0.25, -0.2) is 9.98 Å². The molecule has 0 unspecified atom stereocenters. The van der Waals surface area contributed by atoms with E-state index < -0.39 is 0 Å². The molecule has 0 saturated carbocycles. The SMILES string of the molecule is CC(C)N=C=C(c1ccccc1)c1ccc(OCc2ccc(Oc3ccc(C(=C=NC(C)C)c4ccccc4)cc3)cc2)cc1. The monoisotopic (exact) mass is 590 g/mol. The summed E-state index contributed by atoms with van der Waals surface area (Å²) in [5.41, 5.74) is 7.22. The molecule has 0 saturated heterocycles. The third-order valence-corrected chi connectivity index (χ3v) is 6.84. The van der Waals surface area contributed by atoms with E-state index in [1.807, 2.05) is 125 Å². The third-order valence-electron chi connectivity index (χ3n) is 6.84. The Hall–Kier alpha value is -5.40. The van der Waals surface area contributed by atoms with Crippen molar-refractivity contribution in [2.75, 3.05) is 0 Å². The van der Waals surface area contributed by atoms with Crippen molar-refractivity contribution in [3.63, 3.8) is 0 Å². The summed E-state index contributed by atoms with van der Waals surface area (Å²) in [4.78, 5) is 9.02. The van der Waals surface area contributed by atoms with Gasteiger partial charge in [-0.05, 0) is 128 Å². The molecule has 4 heteroatoms. The first-order valence-corrected chi connectivity index (χ1v) is 15.3. The lowest BCUT2D eigenvalue weighted by Gasteiger charge is -2.11. The molecule has 45 heavy (non-hydrogen) atoms. The molecule has 0 aromatic heterocycles. The number of benzene rings is 5. The smallest absolute Gasteiger partial charge is 0.127 e. The maximum absolute atomic E-state index is 6.13. The Bertz CT molecular complexity index is 1790. The van der Waals surface area contributed by atoms with Crippen LogP contribution in [0.3, 0.4) is 0 Å². The average molecular weight is 591 g/mol. The van der Waals surface area contributed by atoms with Gasteiger partial charge in [-0.2, -0.15) is 0 Å². The summed E-state index contributed by atoms with van der Waals surface area (Å²) in [6, 6.07) is 44.9. The fourth-order valence-electron chi connectivity index (χ4n) is 4.55. The minimum Gasteiger partial charge on any atom is -0.489 e. The molecule has 4 nitrogen and oxygen atoms in total. The van der Waals surface area contributed by atoms with E-state index in [2.05, 4.69) is 58.1 Å². The van der Waals surface area contributed by atoms with Crippen molar-refractivity contribution in [1.29, 1.82) is 0 Å². The molecule has 0 aliphatic rings. The summed E-state index contributed by atoms with van der Waals surface area (Å²) in [7, 11) is 0. The predicted octanol–water partition coefficient (Wildman–Crippen LogP) is 10.1. The van der Waals surface area contributed by atoms with E-state index in [9.17, 15) is 0 Å². The van der Waals surface area contributed by atoms with E-state index in [1.165, 1.54) is 0 Å². The number of hydrogen-bond acceptors (Lipinski definition) is 4. The van der Waals surface area contributed by atoms with Crippen molar-refractivity contribution < 1.29 is 9.47 Å². The molecule has 0 radical (unpaired) electrons. The Morgan fingerprint density at radius 2 is 0.867 bits per heavy atom. The molecule has 0 aliphatic carbocycles. The highest BCUT2D eigenvalue weighted by Crippen LogP contribution is 2.27. The molecular formula is C41H38N2O2. The second kappa shape index (κ2) is 15.4. The Morgan fingerprint density at radius 3 is 1.29 bits per heavy atom. The molecule has 5 rings (SSSR count). The highest BCUT2D eigenvalue weighted by molar-refractivity contribution is 5.99. The molecular weight excluding hydrogens is 552 g/mol. The molecule has 224 valence electrons. The highest BCUT2D eigenvalue weighted by Gasteiger charge is 2.08. The second-order valence-corrected chi connectivity index (χ2v) is 11.2. The molecule has 0 amide bonds. The van der Waals surface area contributed by atoms with Crippen LogP contribution in [0, 0.1) is 0 Å². The summed E-state index contributed by atoms with van der Waals surface area (Å²) in [6.07, 6.45) is 0. The zero-order valence-corrected chi connectivity index (χ0v) is 26.3. The molecule has 0 atom stereocenters. The summed E-state index contributed by atoms with van der Waals surface area (Å²) in [6.45, 7) is 8.65. The van der Waals surface area contributed by atoms with Crippen LogP contribution in [0.15, 0.2) is 143 Å². The van der Waals surface area contributed by atoms with Crippen molar-refractivity contribution in [2.45, 2.75) is 46.4 Å². The molecule has 0 N–H and O–H groups in total. The van der Waals surface area contributed by atoms with Gasteiger partial charge in [-0.1, -0.05) is 72.8 Å².